The Morgan fingerprint density at radius 1 is 1.12 bits per heavy atom. The molecule has 0 spiro atoms. The van der Waals surface area contributed by atoms with Gasteiger partial charge in [0.15, 0.2) is 0 Å². The molecule has 2 rings (SSSR count). The quantitative estimate of drug-likeness (QED) is 0.521. The highest BCUT2D eigenvalue weighted by Crippen LogP contribution is 2.08. The van der Waals surface area contributed by atoms with Gasteiger partial charge in [0.25, 0.3) is 0 Å². The third-order valence-corrected chi connectivity index (χ3v) is 3.70. The average Bonchev–Trinajstić information content (AvgIpc) is 2.62. The van der Waals surface area contributed by atoms with Crippen LogP contribution in [-0.2, 0) is 33.8 Å². The number of amides is 1. The fraction of sp³-hybridized carbons (Fsp3) is 0.368. The first-order valence-corrected chi connectivity index (χ1v) is 8.65. The first-order chi connectivity index (χ1) is 12.2. The lowest BCUT2D eigenvalue weighted by Gasteiger charge is -2.08. The highest BCUT2D eigenvalue weighted by molar-refractivity contribution is 6.29. The lowest BCUT2D eigenvalue weighted by molar-refractivity contribution is -0.120. The van der Waals surface area contributed by atoms with Crippen molar-refractivity contribution < 1.29 is 14.3 Å². The van der Waals surface area contributed by atoms with E-state index in [1.807, 2.05) is 31.2 Å². The van der Waals surface area contributed by atoms with Gasteiger partial charge in [-0.3, -0.25) is 4.79 Å². The molecule has 1 aromatic carbocycles. The van der Waals surface area contributed by atoms with E-state index in [0.717, 1.165) is 16.7 Å². The van der Waals surface area contributed by atoms with E-state index in [1.165, 1.54) is 0 Å². The minimum atomic E-state index is -0.0533. The van der Waals surface area contributed by atoms with Crippen LogP contribution < -0.4 is 5.32 Å². The van der Waals surface area contributed by atoms with Gasteiger partial charge in [0, 0.05) is 19.3 Å². The minimum Gasteiger partial charge on any atom is -0.379 e. The summed E-state index contributed by atoms with van der Waals surface area (Å²) in [6.07, 6.45) is 1.90. The molecule has 25 heavy (non-hydrogen) atoms. The van der Waals surface area contributed by atoms with Crippen LogP contribution in [0.1, 0.15) is 23.6 Å². The van der Waals surface area contributed by atoms with Crippen molar-refractivity contribution >= 4 is 17.5 Å². The Bertz CT molecular complexity index is 662. The smallest absolute Gasteiger partial charge is 0.224 e. The second-order valence-corrected chi connectivity index (χ2v) is 5.90. The van der Waals surface area contributed by atoms with E-state index in [-0.39, 0.29) is 12.3 Å². The van der Waals surface area contributed by atoms with Crippen molar-refractivity contribution in [3.63, 3.8) is 0 Å². The van der Waals surface area contributed by atoms with Gasteiger partial charge in [-0.1, -0.05) is 41.9 Å². The summed E-state index contributed by atoms with van der Waals surface area (Å²) >= 11 is 5.74. The van der Waals surface area contributed by atoms with Gasteiger partial charge >= 0.3 is 0 Å². The number of halogens is 1. The number of carbonyl (C=O) groups excluding carboxylic acids is 1. The first kappa shape index (κ1) is 19.4. The average molecular weight is 363 g/mol. The van der Waals surface area contributed by atoms with Crippen LogP contribution in [0.5, 0.6) is 0 Å². The highest BCUT2D eigenvalue weighted by atomic mass is 35.5. The number of hydrogen-bond donors (Lipinski definition) is 1. The fourth-order valence-electron chi connectivity index (χ4n) is 2.24. The molecule has 1 heterocycles. The Morgan fingerprint density at radius 3 is 2.68 bits per heavy atom. The number of rotatable bonds is 10. The van der Waals surface area contributed by atoms with E-state index in [9.17, 15) is 4.79 Å². The van der Waals surface area contributed by atoms with Crippen LogP contribution in [0, 0.1) is 0 Å². The molecule has 5 nitrogen and oxygen atoms in total. The summed E-state index contributed by atoms with van der Waals surface area (Å²) in [7, 11) is 0. The van der Waals surface area contributed by atoms with Gasteiger partial charge in [-0.2, -0.15) is 0 Å². The van der Waals surface area contributed by atoms with Gasteiger partial charge in [0.05, 0.1) is 26.2 Å². The number of pyridine rings is 1. The van der Waals surface area contributed by atoms with E-state index < -0.39 is 0 Å². The van der Waals surface area contributed by atoms with Crippen molar-refractivity contribution in [2.24, 2.45) is 0 Å². The largest absolute Gasteiger partial charge is 0.379 e. The van der Waals surface area contributed by atoms with E-state index in [4.69, 9.17) is 21.1 Å². The van der Waals surface area contributed by atoms with E-state index in [0.29, 0.717) is 38.1 Å². The van der Waals surface area contributed by atoms with Gasteiger partial charge in [-0.05, 0) is 29.7 Å². The Labute approximate surface area is 153 Å². The van der Waals surface area contributed by atoms with Crippen LogP contribution >= 0.6 is 11.6 Å². The molecule has 0 saturated carbocycles. The third-order valence-electron chi connectivity index (χ3n) is 3.48. The molecule has 134 valence electrons. The lowest BCUT2D eigenvalue weighted by Crippen LogP contribution is -2.24. The van der Waals surface area contributed by atoms with Crippen LogP contribution in [0.3, 0.4) is 0 Å². The van der Waals surface area contributed by atoms with Crippen LogP contribution in [0.15, 0.2) is 42.6 Å². The van der Waals surface area contributed by atoms with Crippen LogP contribution in [0.4, 0.5) is 0 Å². The molecule has 0 radical (unpaired) electrons. The van der Waals surface area contributed by atoms with Gasteiger partial charge in [-0.25, -0.2) is 4.98 Å². The van der Waals surface area contributed by atoms with Crippen molar-refractivity contribution in [2.75, 3.05) is 19.8 Å². The lowest BCUT2D eigenvalue weighted by atomic mass is 10.1. The van der Waals surface area contributed by atoms with Crippen molar-refractivity contribution in [1.82, 2.24) is 10.3 Å². The molecule has 0 bridgehead atoms. The maximum absolute atomic E-state index is 12.0. The molecule has 0 aliphatic carbocycles. The summed E-state index contributed by atoms with van der Waals surface area (Å²) < 4.78 is 10.8. The van der Waals surface area contributed by atoms with E-state index in [1.54, 1.807) is 18.3 Å². The van der Waals surface area contributed by atoms with Crippen molar-refractivity contribution in [3.8, 4) is 0 Å². The molecule has 1 N–H and O–H groups in total. The van der Waals surface area contributed by atoms with Crippen LogP contribution in [0.2, 0.25) is 5.15 Å². The molecule has 2 aromatic rings. The number of benzene rings is 1. The predicted octanol–water partition coefficient (Wildman–Crippen LogP) is 3.15. The molecular formula is C19H23ClN2O3. The third kappa shape index (κ3) is 7.65. The van der Waals surface area contributed by atoms with Crippen molar-refractivity contribution in [1.29, 1.82) is 0 Å². The number of hydrogen-bond acceptors (Lipinski definition) is 4. The Hall–Kier alpha value is -1.95. The maximum atomic E-state index is 12.0. The maximum Gasteiger partial charge on any atom is 0.224 e. The molecule has 1 aromatic heterocycles. The van der Waals surface area contributed by atoms with Crippen LogP contribution in [-0.4, -0.2) is 30.7 Å². The summed E-state index contributed by atoms with van der Waals surface area (Å²) in [6, 6.07) is 11.5. The molecular weight excluding hydrogens is 340 g/mol. The Morgan fingerprint density at radius 2 is 1.92 bits per heavy atom. The van der Waals surface area contributed by atoms with Gasteiger partial charge in [0.2, 0.25) is 5.91 Å². The van der Waals surface area contributed by atoms with Crippen molar-refractivity contribution in [3.05, 3.63) is 64.4 Å². The number of ether oxygens (including phenoxy) is 2. The SMILES string of the molecule is CCOCCOCc1cccc(CNC(=O)Cc2ccc(Cl)nc2)c1. The van der Waals surface area contributed by atoms with Gasteiger partial charge < -0.3 is 14.8 Å². The standard InChI is InChI=1S/C19H23ClN2O3/c1-2-24-8-9-25-14-17-5-3-4-15(10-17)13-22-19(23)11-16-6-7-18(20)21-12-16/h3-7,10,12H,2,8-9,11,13-14H2,1H3,(H,22,23). The molecule has 0 saturated heterocycles. The Balaban J connectivity index is 1.75. The number of nitrogens with zero attached hydrogens (tertiary/aromatic N) is 1. The van der Waals surface area contributed by atoms with E-state index in [2.05, 4.69) is 10.3 Å². The van der Waals surface area contributed by atoms with Crippen molar-refractivity contribution in [2.45, 2.75) is 26.5 Å². The predicted molar refractivity (Wildman–Crippen MR) is 97.4 cm³/mol. The summed E-state index contributed by atoms with van der Waals surface area (Å²) in [5, 5.41) is 3.33. The van der Waals surface area contributed by atoms with Crippen LogP contribution in [0.25, 0.3) is 0 Å². The molecule has 1 amide bonds. The van der Waals surface area contributed by atoms with Gasteiger partial charge in [-0.15, -0.1) is 0 Å². The second kappa shape index (κ2) is 10.8. The molecule has 0 fully saturated rings. The molecule has 0 unspecified atom stereocenters. The minimum absolute atomic E-state index is 0.0533. The topological polar surface area (TPSA) is 60.5 Å². The normalized spacial score (nSPS) is 10.6. The zero-order valence-electron chi connectivity index (χ0n) is 14.3. The number of nitrogens with one attached hydrogen (secondary N) is 1. The van der Waals surface area contributed by atoms with E-state index >= 15 is 0 Å². The monoisotopic (exact) mass is 362 g/mol. The molecule has 0 aliphatic heterocycles. The molecule has 0 atom stereocenters. The zero-order valence-corrected chi connectivity index (χ0v) is 15.1. The zero-order chi connectivity index (χ0) is 17.9. The molecule has 6 heteroatoms. The Kier molecular flexibility index (Phi) is 8.39. The second-order valence-electron chi connectivity index (χ2n) is 5.51. The highest BCUT2D eigenvalue weighted by Gasteiger charge is 2.04. The summed E-state index contributed by atoms with van der Waals surface area (Å²) in [5.41, 5.74) is 2.94. The summed E-state index contributed by atoms with van der Waals surface area (Å²) in [6.45, 7) is 4.85. The number of aromatic nitrogens is 1. The van der Waals surface area contributed by atoms with Gasteiger partial charge in [0.1, 0.15) is 5.15 Å². The first-order valence-electron chi connectivity index (χ1n) is 8.28. The summed E-state index contributed by atoms with van der Waals surface area (Å²) in [5.74, 6) is -0.0533. The summed E-state index contributed by atoms with van der Waals surface area (Å²) in [4.78, 5) is 16.0. The molecule has 0 aliphatic rings. The fourth-order valence-corrected chi connectivity index (χ4v) is 2.35. The number of carbonyl (C=O) groups is 1.